The molecule has 0 radical (unpaired) electrons. The van der Waals surface area contributed by atoms with Gasteiger partial charge in [0.15, 0.2) is 0 Å². The molecule has 516 valence electrons. The predicted molar refractivity (Wildman–Crippen MR) is 354 cm³/mol. The van der Waals surface area contributed by atoms with Crippen molar-refractivity contribution in [1.29, 1.82) is 0 Å². The third kappa shape index (κ3) is 26.5. The van der Waals surface area contributed by atoms with Gasteiger partial charge in [0, 0.05) is 103 Å². The minimum atomic E-state index is -1.15. The Bertz CT molecular complexity index is 2330. The van der Waals surface area contributed by atoms with Crippen LogP contribution in [0.1, 0.15) is 176 Å². The summed E-state index contributed by atoms with van der Waals surface area (Å²) in [6.07, 6.45) is 12.9. The van der Waals surface area contributed by atoms with E-state index < -0.39 is 49.4 Å². The van der Waals surface area contributed by atoms with Crippen molar-refractivity contribution in [3.8, 4) is 23.0 Å². The number of likely N-dealkylation sites (N-methyl/N-ethyl adjacent to an activating group) is 2. The highest BCUT2D eigenvalue weighted by Crippen LogP contribution is 2.39. The van der Waals surface area contributed by atoms with E-state index in [9.17, 15) is 30.6 Å². The molecule has 0 bridgehead atoms. The molecule has 0 heterocycles. The van der Waals surface area contributed by atoms with E-state index in [0.717, 1.165) is 83.6 Å². The zero-order chi connectivity index (χ0) is 65.2. The number of unbranched alkanes of at least 4 members (excludes halogenated alkanes) is 8. The lowest BCUT2D eigenvalue weighted by Gasteiger charge is -2.37. The van der Waals surface area contributed by atoms with Crippen LogP contribution in [0.3, 0.4) is 0 Å². The van der Waals surface area contributed by atoms with E-state index in [1.165, 1.54) is 14.2 Å². The molecular weight excluding hydrogens is 1150 g/mol. The Kier molecular flexibility index (Phi) is 36.9. The Morgan fingerprint density at radius 2 is 0.800 bits per heavy atom. The molecule has 3 aliphatic carbocycles. The lowest BCUT2D eigenvalue weighted by atomic mass is 9.87. The quantitative estimate of drug-likeness (QED) is 0.0333. The number of nitrogens with two attached hydrogens (primary N) is 4. The van der Waals surface area contributed by atoms with Crippen LogP contribution in [0.25, 0.3) is 0 Å². The first-order chi connectivity index (χ1) is 43.5. The summed E-state index contributed by atoms with van der Waals surface area (Å²) in [7, 11) is 11.0. The van der Waals surface area contributed by atoms with Gasteiger partial charge in [0.2, 0.25) is 0 Å². The van der Waals surface area contributed by atoms with Crippen molar-refractivity contribution >= 4 is 0 Å². The molecule has 2 saturated carbocycles. The summed E-state index contributed by atoms with van der Waals surface area (Å²) >= 11 is 0. The molecule has 0 saturated heterocycles. The SMILES string of the molecule is COc1cc(OC)c(C(O)NC2CCC(N[C@H](O)c3cc(C(O)NCCN(C)C)c(OCCCCCN)cc3OCCCCCN)CC2)cc1C(O)NC1CCC(N[C@@H](O)C2C=C([C@@H](O)NCCN(C)C)C(OCCCCCN)=CC2OCCCCCN)CC1. The van der Waals surface area contributed by atoms with Gasteiger partial charge in [-0.05, 0) is 201 Å². The first kappa shape index (κ1) is 76.9. The van der Waals surface area contributed by atoms with Gasteiger partial charge in [-0.3, -0.25) is 31.9 Å². The lowest BCUT2D eigenvalue weighted by Crippen LogP contribution is -2.50. The zero-order valence-electron chi connectivity index (χ0n) is 55.4. The van der Waals surface area contributed by atoms with Crippen molar-refractivity contribution in [3.05, 3.63) is 70.0 Å². The number of rotatable bonds is 48. The summed E-state index contributed by atoms with van der Waals surface area (Å²) in [6.45, 7) is 6.75. The van der Waals surface area contributed by atoms with Crippen molar-refractivity contribution in [2.24, 2.45) is 28.9 Å². The van der Waals surface area contributed by atoms with E-state index in [4.69, 9.17) is 51.4 Å². The van der Waals surface area contributed by atoms with Gasteiger partial charge in [0.25, 0.3) is 0 Å². The normalized spacial score (nSPS) is 21.8. The van der Waals surface area contributed by atoms with Crippen LogP contribution < -0.4 is 73.8 Å². The van der Waals surface area contributed by atoms with Crippen LogP contribution in [0.15, 0.2) is 47.7 Å². The van der Waals surface area contributed by atoms with Gasteiger partial charge in [0.05, 0.1) is 40.1 Å². The van der Waals surface area contributed by atoms with Gasteiger partial charge >= 0.3 is 0 Å². The minimum Gasteiger partial charge on any atom is -0.496 e. The fourth-order valence-corrected chi connectivity index (χ4v) is 11.9. The molecule has 2 aromatic carbocycles. The van der Waals surface area contributed by atoms with Gasteiger partial charge in [-0.1, -0.05) is 6.08 Å². The highest BCUT2D eigenvalue weighted by atomic mass is 16.5. The Morgan fingerprint density at radius 3 is 1.21 bits per heavy atom. The van der Waals surface area contributed by atoms with Crippen LogP contribution in [-0.4, -0.2) is 204 Å². The van der Waals surface area contributed by atoms with Crippen LogP contribution >= 0.6 is 0 Å². The number of methoxy groups -OCH3 is 2. The number of nitrogens with zero attached hydrogens (tertiary/aromatic N) is 2. The molecule has 20 N–H and O–H groups in total. The van der Waals surface area contributed by atoms with Crippen molar-refractivity contribution in [2.45, 2.75) is 196 Å². The molecule has 3 aliphatic rings. The fourth-order valence-electron chi connectivity index (χ4n) is 11.9. The van der Waals surface area contributed by atoms with Crippen molar-refractivity contribution in [2.75, 3.05) is 121 Å². The highest BCUT2D eigenvalue weighted by Gasteiger charge is 2.37. The number of aliphatic hydroxyl groups is 6. The smallest absolute Gasteiger partial charge is 0.134 e. The number of hydrogen-bond donors (Lipinski definition) is 16. The van der Waals surface area contributed by atoms with Crippen LogP contribution in [-0.2, 0) is 9.47 Å². The Morgan fingerprint density at radius 1 is 0.433 bits per heavy atom. The number of benzene rings is 2. The fraction of sp³-hybridized carbons (Fsp3) is 0.758. The number of hydrogen-bond acceptors (Lipinski definition) is 24. The number of aliphatic hydroxyl groups excluding tert-OH is 6. The minimum absolute atomic E-state index is 0.0355. The first-order valence-corrected chi connectivity index (χ1v) is 33.6. The highest BCUT2D eigenvalue weighted by molar-refractivity contribution is 5.50. The molecule has 0 aliphatic heterocycles. The van der Waals surface area contributed by atoms with E-state index in [1.807, 2.05) is 50.1 Å². The monoisotopic (exact) mass is 1270 g/mol. The largest absolute Gasteiger partial charge is 0.496 e. The van der Waals surface area contributed by atoms with Crippen LogP contribution in [0.2, 0.25) is 0 Å². The molecule has 0 spiro atoms. The van der Waals surface area contributed by atoms with Gasteiger partial charge in [-0.2, -0.15) is 0 Å². The summed E-state index contributed by atoms with van der Waals surface area (Å²) in [5.41, 5.74) is 25.5. The Balaban J connectivity index is 1.21. The maximum Gasteiger partial charge on any atom is 0.134 e. The van der Waals surface area contributed by atoms with E-state index in [1.54, 1.807) is 24.3 Å². The number of nitrogens with one attached hydrogen (secondary N) is 6. The third-order valence-electron chi connectivity index (χ3n) is 17.2. The Hall–Kier alpha value is -3.84. The molecule has 2 aromatic rings. The first-order valence-electron chi connectivity index (χ1n) is 33.6. The topological polar surface area (TPSA) is 360 Å². The molecule has 0 aromatic heterocycles. The molecule has 90 heavy (non-hydrogen) atoms. The van der Waals surface area contributed by atoms with Crippen molar-refractivity contribution in [3.63, 3.8) is 0 Å². The zero-order valence-corrected chi connectivity index (χ0v) is 55.4. The molecular formula is C66H120N12O12. The third-order valence-corrected chi connectivity index (χ3v) is 17.2. The maximum atomic E-state index is 12.0. The average Bonchev–Trinajstić information content (AvgIpc) is 0.977. The van der Waals surface area contributed by atoms with Gasteiger partial charge in [-0.25, -0.2) is 0 Å². The molecule has 2 fully saturated rings. The second-order valence-corrected chi connectivity index (χ2v) is 25.0. The summed E-state index contributed by atoms with van der Waals surface area (Å²) < 4.78 is 37.0. The van der Waals surface area contributed by atoms with Crippen LogP contribution in [0, 0.1) is 5.92 Å². The van der Waals surface area contributed by atoms with Gasteiger partial charge < -0.3 is 91.8 Å². The standard InChI is InChI=1S/C66H120N12O12/c1-77(2)33-31-71-61(79)51-40-53(59(89-37-17-9-13-29-69)43-57(51)87-35-15-7-11-27-67)65(83)75-47-23-19-45(20-24-47)73-63(81)49-39-50(56(86-6)42-55(49)85-5)64(82)74-46-21-25-48(26-22-46)76-66(84)54-41-52(62(80)72-32-34-78(3)4)58(88-36-16-8-12-28-68)44-60(54)90-38-18-10-14-30-70/h39-48,53,59,61-66,71-76,79-84H,7-38,67-70H2,1-6H3/t45?,46?,47?,48?,53?,59?,61-,62?,63?,64?,65+,66-/m1/s1. The molecule has 5 unspecified atom stereocenters. The maximum absolute atomic E-state index is 12.0. The average molecular weight is 1270 g/mol. The summed E-state index contributed by atoms with van der Waals surface area (Å²) in [5.74, 6) is 1.78. The van der Waals surface area contributed by atoms with E-state index in [0.29, 0.717) is 180 Å². The van der Waals surface area contributed by atoms with Crippen molar-refractivity contribution < 1.29 is 59.1 Å². The molecule has 8 atom stereocenters. The molecule has 0 amide bonds. The number of ether oxygens (including phenoxy) is 6. The second kappa shape index (κ2) is 43.2. The predicted octanol–water partition coefficient (Wildman–Crippen LogP) is 3.40. The lowest BCUT2D eigenvalue weighted by molar-refractivity contribution is -0.0191. The van der Waals surface area contributed by atoms with E-state index in [2.05, 4.69) is 31.9 Å². The van der Waals surface area contributed by atoms with E-state index in [-0.39, 0.29) is 24.2 Å². The summed E-state index contributed by atoms with van der Waals surface area (Å²) in [6, 6.07) is 6.73. The molecule has 24 nitrogen and oxygen atoms in total. The summed E-state index contributed by atoms with van der Waals surface area (Å²) in [5, 5.41) is 91.0. The van der Waals surface area contributed by atoms with Crippen molar-refractivity contribution in [1.82, 2.24) is 41.7 Å². The van der Waals surface area contributed by atoms with E-state index >= 15 is 0 Å². The molecule has 24 heteroatoms. The Labute approximate surface area is 537 Å². The second-order valence-electron chi connectivity index (χ2n) is 25.0. The molecule has 5 rings (SSSR count). The van der Waals surface area contributed by atoms with Crippen LogP contribution in [0.4, 0.5) is 0 Å². The van der Waals surface area contributed by atoms with Gasteiger partial charge in [0.1, 0.15) is 66.1 Å². The van der Waals surface area contributed by atoms with Crippen LogP contribution in [0.5, 0.6) is 23.0 Å². The summed E-state index contributed by atoms with van der Waals surface area (Å²) in [4.78, 5) is 4.07. The van der Waals surface area contributed by atoms with Gasteiger partial charge in [-0.15, -0.1) is 0 Å².